The van der Waals surface area contributed by atoms with Gasteiger partial charge in [-0.25, -0.2) is 0 Å². The average molecular weight is 232 g/mol. The minimum atomic E-state index is -0.139. The zero-order chi connectivity index (χ0) is 11.9. The molecule has 0 aliphatic rings. The molecular weight excluding hydrogens is 208 g/mol. The Morgan fingerprint density at radius 1 is 1.40 bits per heavy atom. The summed E-state index contributed by atoms with van der Waals surface area (Å²) in [6.45, 7) is 10.6. The normalized spacial score (nSPS) is 13.7. The predicted molar refractivity (Wildman–Crippen MR) is 68.4 cm³/mol. The Morgan fingerprint density at radius 3 is 2.47 bits per heavy atom. The Balaban J connectivity index is 3.62. The number of hydrogen-bond acceptors (Lipinski definition) is 3. The van der Waals surface area contributed by atoms with Crippen LogP contribution in [0.1, 0.15) is 34.6 Å². The zero-order valence-electron chi connectivity index (χ0n) is 10.5. The highest BCUT2D eigenvalue weighted by Gasteiger charge is 2.13. The van der Waals surface area contributed by atoms with E-state index in [-0.39, 0.29) is 11.4 Å². The second-order valence-electron chi connectivity index (χ2n) is 4.74. The maximum atomic E-state index is 11.5. The molecular formula is C11H24N2OS. The molecule has 0 rings (SSSR count). The number of rotatable bonds is 6. The third-order valence-corrected chi connectivity index (χ3v) is 2.84. The van der Waals surface area contributed by atoms with Gasteiger partial charge in [-0.1, -0.05) is 6.92 Å². The first-order valence-corrected chi connectivity index (χ1v) is 6.62. The first-order valence-electron chi connectivity index (χ1n) is 5.47. The number of nitrogens with one attached hydrogen (secondary N) is 2. The molecule has 1 amide bonds. The lowest BCUT2D eigenvalue weighted by molar-refractivity contribution is -0.121. The van der Waals surface area contributed by atoms with Crippen molar-refractivity contribution in [2.45, 2.75) is 46.2 Å². The maximum absolute atomic E-state index is 11.5. The second-order valence-corrected chi connectivity index (χ2v) is 6.06. The van der Waals surface area contributed by atoms with Crippen LogP contribution in [0.4, 0.5) is 0 Å². The Kier molecular flexibility index (Phi) is 7.02. The van der Waals surface area contributed by atoms with E-state index in [1.807, 2.05) is 32.5 Å². The van der Waals surface area contributed by atoms with Gasteiger partial charge in [0.1, 0.15) is 0 Å². The molecule has 90 valence electrons. The summed E-state index contributed by atoms with van der Waals surface area (Å²) in [6, 6.07) is 0.390. The number of amides is 1. The SMILES string of the molecule is CCSCC(C)NCC(=O)NC(C)(C)C. The highest BCUT2D eigenvalue weighted by Crippen LogP contribution is 2.01. The smallest absolute Gasteiger partial charge is 0.234 e. The molecule has 15 heavy (non-hydrogen) atoms. The quantitative estimate of drug-likeness (QED) is 0.731. The monoisotopic (exact) mass is 232 g/mol. The van der Waals surface area contributed by atoms with E-state index in [1.54, 1.807) is 0 Å². The van der Waals surface area contributed by atoms with E-state index in [4.69, 9.17) is 0 Å². The summed E-state index contributed by atoms with van der Waals surface area (Å²) in [5.74, 6) is 2.25. The molecule has 0 radical (unpaired) electrons. The van der Waals surface area contributed by atoms with Gasteiger partial charge in [-0.05, 0) is 33.4 Å². The second kappa shape index (κ2) is 7.12. The van der Waals surface area contributed by atoms with Crippen molar-refractivity contribution in [2.24, 2.45) is 0 Å². The van der Waals surface area contributed by atoms with Crippen LogP contribution in [0.25, 0.3) is 0 Å². The molecule has 0 spiro atoms. The largest absolute Gasteiger partial charge is 0.350 e. The topological polar surface area (TPSA) is 41.1 Å². The molecule has 0 heterocycles. The van der Waals surface area contributed by atoms with E-state index in [9.17, 15) is 4.79 Å². The van der Waals surface area contributed by atoms with Crippen molar-refractivity contribution in [1.82, 2.24) is 10.6 Å². The molecule has 0 aliphatic heterocycles. The predicted octanol–water partition coefficient (Wildman–Crippen LogP) is 1.63. The van der Waals surface area contributed by atoms with E-state index in [2.05, 4.69) is 24.5 Å². The van der Waals surface area contributed by atoms with Gasteiger partial charge in [-0.15, -0.1) is 0 Å². The Hall–Kier alpha value is -0.220. The van der Waals surface area contributed by atoms with Gasteiger partial charge in [-0.3, -0.25) is 4.79 Å². The van der Waals surface area contributed by atoms with Gasteiger partial charge in [0.25, 0.3) is 0 Å². The molecule has 0 aromatic heterocycles. The summed E-state index contributed by atoms with van der Waals surface area (Å²) < 4.78 is 0. The standard InChI is InChI=1S/C11H24N2OS/c1-6-15-8-9(2)12-7-10(14)13-11(3,4)5/h9,12H,6-8H2,1-5H3,(H,13,14). The molecule has 2 N–H and O–H groups in total. The van der Waals surface area contributed by atoms with E-state index in [1.165, 1.54) is 0 Å². The molecule has 0 aromatic carbocycles. The van der Waals surface area contributed by atoms with Crippen LogP contribution in [-0.4, -0.2) is 35.5 Å². The molecule has 0 saturated heterocycles. The Labute approximate surface area is 97.8 Å². The van der Waals surface area contributed by atoms with Crippen molar-refractivity contribution < 1.29 is 4.79 Å². The summed E-state index contributed by atoms with van der Waals surface area (Å²) in [6.07, 6.45) is 0. The van der Waals surface area contributed by atoms with Crippen LogP contribution in [0.2, 0.25) is 0 Å². The van der Waals surface area contributed by atoms with Crippen LogP contribution < -0.4 is 10.6 Å². The molecule has 0 bridgehead atoms. The molecule has 0 aromatic rings. The van der Waals surface area contributed by atoms with E-state index in [0.717, 1.165) is 11.5 Å². The van der Waals surface area contributed by atoms with Crippen LogP contribution in [0.15, 0.2) is 0 Å². The first-order chi connectivity index (χ1) is 6.85. The average Bonchev–Trinajstić information content (AvgIpc) is 2.08. The maximum Gasteiger partial charge on any atom is 0.234 e. The highest BCUT2D eigenvalue weighted by molar-refractivity contribution is 7.99. The number of carbonyl (C=O) groups is 1. The Bertz CT molecular complexity index is 190. The summed E-state index contributed by atoms with van der Waals surface area (Å²) in [5.41, 5.74) is -0.139. The van der Waals surface area contributed by atoms with Gasteiger partial charge < -0.3 is 10.6 Å². The lowest BCUT2D eigenvalue weighted by atomic mass is 10.1. The summed E-state index contributed by atoms with van der Waals surface area (Å²) in [5, 5.41) is 6.13. The van der Waals surface area contributed by atoms with Crippen molar-refractivity contribution in [3.05, 3.63) is 0 Å². The van der Waals surface area contributed by atoms with Crippen molar-refractivity contribution >= 4 is 17.7 Å². The number of thioether (sulfide) groups is 1. The third kappa shape index (κ3) is 10.1. The van der Waals surface area contributed by atoms with Gasteiger partial charge in [-0.2, -0.15) is 11.8 Å². The molecule has 0 fully saturated rings. The fraction of sp³-hybridized carbons (Fsp3) is 0.909. The zero-order valence-corrected chi connectivity index (χ0v) is 11.3. The molecule has 1 atom stereocenters. The van der Waals surface area contributed by atoms with E-state index < -0.39 is 0 Å². The first kappa shape index (κ1) is 14.8. The van der Waals surface area contributed by atoms with Gasteiger partial charge in [0.15, 0.2) is 0 Å². The fourth-order valence-corrected chi connectivity index (χ4v) is 1.79. The van der Waals surface area contributed by atoms with Gasteiger partial charge in [0.2, 0.25) is 5.91 Å². The number of carbonyl (C=O) groups excluding carboxylic acids is 1. The minimum absolute atomic E-state index is 0.0656. The van der Waals surface area contributed by atoms with Crippen LogP contribution in [-0.2, 0) is 4.79 Å². The van der Waals surface area contributed by atoms with Crippen molar-refractivity contribution in [3.8, 4) is 0 Å². The summed E-state index contributed by atoms with van der Waals surface area (Å²) in [4.78, 5) is 11.5. The van der Waals surface area contributed by atoms with Crippen LogP contribution in [0.5, 0.6) is 0 Å². The van der Waals surface area contributed by atoms with Crippen LogP contribution in [0, 0.1) is 0 Å². The van der Waals surface area contributed by atoms with E-state index >= 15 is 0 Å². The summed E-state index contributed by atoms with van der Waals surface area (Å²) in [7, 11) is 0. The molecule has 0 aliphatic carbocycles. The summed E-state index contributed by atoms with van der Waals surface area (Å²) >= 11 is 1.89. The third-order valence-electron chi connectivity index (χ3n) is 1.70. The lowest BCUT2D eigenvalue weighted by Crippen LogP contribution is -2.46. The number of hydrogen-bond donors (Lipinski definition) is 2. The fourth-order valence-electron chi connectivity index (χ4n) is 1.08. The van der Waals surface area contributed by atoms with Crippen molar-refractivity contribution in [3.63, 3.8) is 0 Å². The van der Waals surface area contributed by atoms with Crippen molar-refractivity contribution in [2.75, 3.05) is 18.1 Å². The van der Waals surface area contributed by atoms with Gasteiger partial charge in [0, 0.05) is 17.3 Å². The molecule has 0 saturated carbocycles. The highest BCUT2D eigenvalue weighted by atomic mass is 32.2. The van der Waals surface area contributed by atoms with Gasteiger partial charge in [0.05, 0.1) is 6.54 Å². The van der Waals surface area contributed by atoms with E-state index in [0.29, 0.717) is 12.6 Å². The van der Waals surface area contributed by atoms with Gasteiger partial charge >= 0.3 is 0 Å². The molecule has 1 unspecified atom stereocenters. The molecule has 4 heteroatoms. The Morgan fingerprint density at radius 2 is 2.00 bits per heavy atom. The molecule has 3 nitrogen and oxygen atoms in total. The van der Waals surface area contributed by atoms with Crippen molar-refractivity contribution in [1.29, 1.82) is 0 Å². The van der Waals surface area contributed by atoms with Crippen LogP contribution >= 0.6 is 11.8 Å². The van der Waals surface area contributed by atoms with Crippen LogP contribution in [0.3, 0.4) is 0 Å². The minimum Gasteiger partial charge on any atom is -0.350 e. The lowest BCUT2D eigenvalue weighted by Gasteiger charge is -2.21.